The van der Waals surface area contributed by atoms with Gasteiger partial charge in [-0.1, -0.05) is 30.3 Å². The average Bonchev–Trinajstić information content (AvgIpc) is 2.82. The number of fused-ring (bicyclic) bond motifs is 1. The lowest BCUT2D eigenvalue weighted by Gasteiger charge is -2.36. The predicted molar refractivity (Wildman–Crippen MR) is 123 cm³/mol. The van der Waals surface area contributed by atoms with Gasteiger partial charge in [0.05, 0.1) is 11.7 Å². The van der Waals surface area contributed by atoms with Gasteiger partial charge in [-0.3, -0.25) is 19.2 Å². The van der Waals surface area contributed by atoms with Crippen LogP contribution in [0, 0.1) is 0 Å². The van der Waals surface area contributed by atoms with Crippen LogP contribution in [0.3, 0.4) is 0 Å². The maximum Gasteiger partial charge on any atom is 0.241 e. The Bertz CT molecular complexity index is 1060. The van der Waals surface area contributed by atoms with Crippen LogP contribution in [0.1, 0.15) is 12.8 Å². The van der Waals surface area contributed by atoms with E-state index in [2.05, 4.69) is 50.5 Å². The molecule has 0 atom stereocenters. The maximum atomic E-state index is 12.3. The van der Waals surface area contributed by atoms with Crippen LogP contribution >= 0.6 is 0 Å². The van der Waals surface area contributed by atoms with Crippen molar-refractivity contribution < 1.29 is 4.79 Å². The molecule has 1 N–H and O–H groups in total. The molecule has 2 aromatic carbocycles. The third kappa shape index (κ3) is 5.49. The summed E-state index contributed by atoms with van der Waals surface area (Å²) < 4.78 is 1.58. The van der Waals surface area contributed by atoms with Crippen LogP contribution in [0.15, 0.2) is 65.6 Å². The zero-order valence-corrected chi connectivity index (χ0v) is 17.7. The first-order valence-electron chi connectivity index (χ1n) is 10.9. The highest BCUT2D eigenvalue weighted by atomic mass is 16.2. The Balaban J connectivity index is 1.15. The molecule has 1 aliphatic heterocycles. The Hall–Kier alpha value is -3.19. The average molecular weight is 420 g/mol. The summed E-state index contributed by atoms with van der Waals surface area (Å²) in [5, 5.41) is 7.67. The molecule has 0 bridgehead atoms. The predicted octanol–water partition coefficient (Wildman–Crippen LogP) is 2.12. The molecule has 162 valence electrons. The summed E-state index contributed by atoms with van der Waals surface area (Å²) >= 11 is 0. The fourth-order valence-electron chi connectivity index (χ4n) is 4.04. The van der Waals surface area contributed by atoms with E-state index in [4.69, 9.17) is 0 Å². The van der Waals surface area contributed by atoms with Crippen molar-refractivity contribution >= 4 is 22.5 Å². The van der Waals surface area contributed by atoms with Crippen molar-refractivity contribution in [3.05, 3.63) is 71.0 Å². The van der Waals surface area contributed by atoms with Gasteiger partial charge in [0.2, 0.25) is 11.3 Å². The minimum absolute atomic E-state index is 0.0854. The number of carbonyl (C=O) groups excluding carboxylic acids is 1. The van der Waals surface area contributed by atoms with Gasteiger partial charge >= 0.3 is 0 Å². The molecule has 3 aromatic rings. The van der Waals surface area contributed by atoms with E-state index in [1.807, 2.05) is 18.2 Å². The van der Waals surface area contributed by atoms with Crippen LogP contribution in [0.5, 0.6) is 0 Å². The number of unbranched alkanes of at least 4 members (excludes halogenated alkanes) is 1. The molecule has 31 heavy (non-hydrogen) atoms. The van der Waals surface area contributed by atoms with Gasteiger partial charge in [-0.15, -0.1) is 0 Å². The molecule has 0 spiro atoms. The Morgan fingerprint density at radius 2 is 1.68 bits per heavy atom. The number of anilines is 1. The normalized spacial score (nSPS) is 14.6. The van der Waals surface area contributed by atoms with Gasteiger partial charge in [-0.25, -0.2) is 0 Å². The van der Waals surface area contributed by atoms with Crippen LogP contribution in [-0.2, 0) is 11.3 Å². The van der Waals surface area contributed by atoms with E-state index < -0.39 is 0 Å². The zero-order valence-electron chi connectivity index (χ0n) is 17.7. The van der Waals surface area contributed by atoms with Gasteiger partial charge in [-0.05, 0) is 43.7 Å². The van der Waals surface area contributed by atoms with E-state index >= 15 is 0 Å². The summed E-state index contributed by atoms with van der Waals surface area (Å²) in [4.78, 5) is 29.1. The number of benzene rings is 2. The molecule has 1 saturated heterocycles. The third-order valence-corrected chi connectivity index (χ3v) is 5.77. The van der Waals surface area contributed by atoms with Gasteiger partial charge < -0.3 is 10.2 Å². The summed E-state index contributed by atoms with van der Waals surface area (Å²) in [6.07, 6.45) is 3.28. The molecule has 0 radical (unpaired) electrons. The molecular formula is C24H29N5O2. The molecule has 0 unspecified atom stereocenters. The molecule has 2 heterocycles. The van der Waals surface area contributed by atoms with Gasteiger partial charge in [0, 0.05) is 43.8 Å². The van der Waals surface area contributed by atoms with Gasteiger partial charge in [-0.2, -0.15) is 5.10 Å². The summed E-state index contributed by atoms with van der Waals surface area (Å²) in [7, 11) is 0. The standard InChI is InChI=1S/C24H29N5O2/c30-23-18-26-29(22-11-5-4-10-21(22)23)19-24(31)25-12-6-7-13-27-14-16-28(17-15-27)20-8-2-1-3-9-20/h1-5,8-11,18H,6-7,12-17,19H2,(H,25,31). The minimum atomic E-state index is -0.128. The van der Waals surface area contributed by atoms with Gasteiger partial charge in [0.25, 0.3) is 0 Å². The molecule has 1 amide bonds. The number of carbonyl (C=O) groups is 1. The highest BCUT2D eigenvalue weighted by Crippen LogP contribution is 2.15. The van der Waals surface area contributed by atoms with Crippen molar-refractivity contribution in [1.29, 1.82) is 0 Å². The second-order valence-corrected chi connectivity index (χ2v) is 7.90. The van der Waals surface area contributed by atoms with Crippen molar-refractivity contribution in [3.63, 3.8) is 0 Å². The molecular weight excluding hydrogens is 390 g/mol. The quantitative estimate of drug-likeness (QED) is 0.567. The molecule has 1 aliphatic rings. The van der Waals surface area contributed by atoms with Crippen molar-refractivity contribution in [2.45, 2.75) is 19.4 Å². The second kappa shape index (κ2) is 10.2. The number of piperazine rings is 1. The smallest absolute Gasteiger partial charge is 0.241 e. The zero-order chi connectivity index (χ0) is 21.5. The van der Waals surface area contributed by atoms with E-state index in [0.717, 1.165) is 45.6 Å². The van der Waals surface area contributed by atoms with Crippen LogP contribution < -0.4 is 15.6 Å². The molecule has 7 heteroatoms. The van der Waals surface area contributed by atoms with E-state index in [1.165, 1.54) is 11.9 Å². The Morgan fingerprint density at radius 3 is 2.48 bits per heavy atom. The molecule has 1 aromatic heterocycles. The SMILES string of the molecule is O=C(Cn1ncc(=O)c2ccccc21)NCCCCN1CCN(c2ccccc2)CC1. The third-order valence-electron chi connectivity index (χ3n) is 5.77. The van der Waals surface area contributed by atoms with Crippen LogP contribution in [-0.4, -0.2) is 59.9 Å². The van der Waals surface area contributed by atoms with E-state index in [0.29, 0.717) is 17.4 Å². The molecule has 1 fully saturated rings. The number of nitrogens with one attached hydrogen (secondary N) is 1. The number of para-hydroxylation sites is 2. The lowest BCUT2D eigenvalue weighted by atomic mass is 10.2. The van der Waals surface area contributed by atoms with E-state index in [9.17, 15) is 9.59 Å². The van der Waals surface area contributed by atoms with E-state index in [1.54, 1.807) is 10.7 Å². The summed E-state index contributed by atoms with van der Waals surface area (Å²) in [5.74, 6) is -0.0854. The first-order valence-corrected chi connectivity index (χ1v) is 10.9. The highest BCUT2D eigenvalue weighted by Gasteiger charge is 2.16. The Labute approximate surface area is 182 Å². The number of hydrogen-bond donors (Lipinski definition) is 1. The Morgan fingerprint density at radius 1 is 0.935 bits per heavy atom. The molecule has 0 aliphatic carbocycles. The fourth-order valence-corrected chi connectivity index (χ4v) is 4.04. The summed E-state index contributed by atoms with van der Waals surface area (Å²) in [6, 6.07) is 17.8. The number of aromatic nitrogens is 2. The van der Waals surface area contributed by atoms with Crippen LogP contribution in [0.25, 0.3) is 10.9 Å². The minimum Gasteiger partial charge on any atom is -0.369 e. The molecule has 4 rings (SSSR count). The fraction of sp³-hybridized carbons (Fsp3) is 0.375. The number of amides is 1. The Kier molecular flexibility index (Phi) is 6.94. The van der Waals surface area contributed by atoms with Crippen molar-refractivity contribution in [3.8, 4) is 0 Å². The van der Waals surface area contributed by atoms with Crippen LogP contribution in [0.4, 0.5) is 5.69 Å². The van der Waals surface area contributed by atoms with Crippen molar-refractivity contribution in [2.75, 3.05) is 44.2 Å². The monoisotopic (exact) mass is 419 g/mol. The summed E-state index contributed by atoms with van der Waals surface area (Å²) in [6.45, 7) is 6.09. The lowest BCUT2D eigenvalue weighted by molar-refractivity contribution is -0.121. The summed E-state index contributed by atoms with van der Waals surface area (Å²) in [5.41, 5.74) is 1.85. The van der Waals surface area contributed by atoms with Crippen molar-refractivity contribution in [2.24, 2.45) is 0 Å². The van der Waals surface area contributed by atoms with Crippen molar-refractivity contribution in [1.82, 2.24) is 20.0 Å². The number of rotatable bonds is 8. The van der Waals surface area contributed by atoms with E-state index in [-0.39, 0.29) is 17.9 Å². The second-order valence-electron chi connectivity index (χ2n) is 7.90. The first kappa shape index (κ1) is 21.1. The number of hydrogen-bond acceptors (Lipinski definition) is 5. The van der Waals surface area contributed by atoms with Gasteiger partial charge in [0.1, 0.15) is 6.54 Å². The lowest BCUT2D eigenvalue weighted by Crippen LogP contribution is -2.46. The molecule has 7 nitrogen and oxygen atoms in total. The number of nitrogens with zero attached hydrogens (tertiary/aromatic N) is 4. The maximum absolute atomic E-state index is 12.3. The topological polar surface area (TPSA) is 70.5 Å². The van der Waals surface area contributed by atoms with Crippen LogP contribution in [0.2, 0.25) is 0 Å². The first-order chi connectivity index (χ1) is 15.2. The molecule has 0 saturated carbocycles. The largest absolute Gasteiger partial charge is 0.369 e. The van der Waals surface area contributed by atoms with Gasteiger partial charge in [0.15, 0.2) is 0 Å². The highest BCUT2D eigenvalue weighted by molar-refractivity contribution is 5.81.